The number of rotatable bonds is 3. The fraction of sp³-hybridized carbons (Fsp3) is 0.833. The average molecular weight is 207 g/mol. The molecule has 0 radical (unpaired) electrons. The molecule has 2 N–H and O–H groups in total. The first-order valence-electron chi connectivity index (χ1n) is 4.02. The van der Waals surface area contributed by atoms with Crippen LogP contribution in [0.4, 0.5) is 0 Å². The van der Waals surface area contributed by atoms with Gasteiger partial charge in [0.15, 0.2) is 0 Å². The molecule has 1 amide bonds. The zero-order valence-corrected chi connectivity index (χ0v) is 8.25. The van der Waals surface area contributed by atoms with E-state index in [0.29, 0.717) is 19.6 Å². The number of likely N-dealkylation sites (N-methyl/N-ethyl adjacent to an activating group) is 1. The summed E-state index contributed by atoms with van der Waals surface area (Å²) >= 11 is 0. The monoisotopic (exact) mass is 207 g/mol. The zero-order chi connectivity index (χ0) is 10.1. The van der Waals surface area contributed by atoms with Crippen molar-refractivity contribution in [3.8, 4) is 0 Å². The number of nitrogens with zero attached hydrogens (tertiary/aromatic N) is 2. The maximum absolute atomic E-state index is 11.5. The van der Waals surface area contributed by atoms with E-state index in [1.54, 1.807) is 6.92 Å². The van der Waals surface area contributed by atoms with Crippen molar-refractivity contribution < 1.29 is 13.2 Å². The van der Waals surface area contributed by atoms with E-state index in [1.807, 2.05) is 0 Å². The van der Waals surface area contributed by atoms with Gasteiger partial charge < -0.3 is 5.73 Å². The van der Waals surface area contributed by atoms with E-state index in [2.05, 4.69) is 0 Å². The topological polar surface area (TPSA) is 83.7 Å². The molecular formula is C6H13N3O3S. The van der Waals surface area contributed by atoms with E-state index in [1.165, 1.54) is 4.31 Å². The summed E-state index contributed by atoms with van der Waals surface area (Å²) < 4.78 is 25.4. The molecule has 1 aliphatic rings. The van der Waals surface area contributed by atoms with Crippen LogP contribution in [0.5, 0.6) is 0 Å². The van der Waals surface area contributed by atoms with Crippen molar-refractivity contribution in [1.82, 2.24) is 8.61 Å². The summed E-state index contributed by atoms with van der Waals surface area (Å²) in [6.07, 6.45) is 0. The van der Waals surface area contributed by atoms with Gasteiger partial charge >= 0.3 is 0 Å². The molecule has 1 fully saturated rings. The van der Waals surface area contributed by atoms with Gasteiger partial charge in [0.25, 0.3) is 10.2 Å². The van der Waals surface area contributed by atoms with Gasteiger partial charge in [0, 0.05) is 19.6 Å². The molecule has 0 atom stereocenters. The predicted molar refractivity (Wildman–Crippen MR) is 46.9 cm³/mol. The SMILES string of the molecule is CCN1CCN(CC(N)=O)S1(=O)=O. The van der Waals surface area contributed by atoms with Crippen LogP contribution >= 0.6 is 0 Å². The molecule has 13 heavy (non-hydrogen) atoms. The molecule has 0 aromatic carbocycles. The third-order valence-corrected chi connectivity index (χ3v) is 3.99. The van der Waals surface area contributed by atoms with Crippen molar-refractivity contribution in [2.24, 2.45) is 5.73 Å². The van der Waals surface area contributed by atoms with E-state index < -0.39 is 16.1 Å². The molecule has 0 spiro atoms. The first-order chi connectivity index (χ1) is 5.98. The van der Waals surface area contributed by atoms with Crippen molar-refractivity contribution >= 4 is 16.1 Å². The van der Waals surface area contributed by atoms with Gasteiger partial charge in [-0.2, -0.15) is 17.0 Å². The molecule has 1 aliphatic heterocycles. The Hall–Kier alpha value is -0.660. The Morgan fingerprint density at radius 3 is 2.31 bits per heavy atom. The molecule has 0 unspecified atom stereocenters. The lowest BCUT2D eigenvalue weighted by molar-refractivity contribution is -0.118. The second-order valence-corrected chi connectivity index (χ2v) is 4.73. The fourth-order valence-electron chi connectivity index (χ4n) is 1.27. The number of nitrogens with two attached hydrogens (primary N) is 1. The van der Waals surface area contributed by atoms with Crippen molar-refractivity contribution in [3.05, 3.63) is 0 Å². The van der Waals surface area contributed by atoms with E-state index >= 15 is 0 Å². The molecule has 0 bridgehead atoms. The normalized spacial score (nSPS) is 23.5. The van der Waals surface area contributed by atoms with Crippen LogP contribution in [0, 0.1) is 0 Å². The number of carbonyl (C=O) groups is 1. The second-order valence-electron chi connectivity index (χ2n) is 2.80. The molecule has 1 rings (SSSR count). The summed E-state index contributed by atoms with van der Waals surface area (Å²) in [7, 11) is -3.41. The van der Waals surface area contributed by atoms with Crippen molar-refractivity contribution in [2.75, 3.05) is 26.2 Å². The molecule has 0 saturated carbocycles. The first-order valence-corrected chi connectivity index (χ1v) is 5.41. The number of amides is 1. The number of hydrogen-bond acceptors (Lipinski definition) is 3. The van der Waals surface area contributed by atoms with Crippen LogP contribution in [0.3, 0.4) is 0 Å². The van der Waals surface area contributed by atoms with Crippen LogP contribution in [0.1, 0.15) is 6.92 Å². The van der Waals surface area contributed by atoms with Crippen molar-refractivity contribution in [3.63, 3.8) is 0 Å². The predicted octanol–water partition coefficient (Wildman–Crippen LogP) is -1.65. The van der Waals surface area contributed by atoms with Crippen LogP contribution in [0.2, 0.25) is 0 Å². The fourth-order valence-corrected chi connectivity index (χ4v) is 2.84. The highest BCUT2D eigenvalue weighted by Crippen LogP contribution is 2.14. The minimum Gasteiger partial charge on any atom is -0.369 e. The number of primary amides is 1. The third-order valence-electron chi connectivity index (χ3n) is 1.94. The van der Waals surface area contributed by atoms with E-state index in [9.17, 15) is 13.2 Å². The molecule has 1 saturated heterocycles. The highest BCUT2D eigenvalue weighted by Gasteiger charge is 2.35. The van der Waals surface area contributed by atoms with Gasteiger partial charge in [-0.05, 0) is 0 Å². The Balaban J connectivity index is 2.76. The zero-order valence-electron chi connectivity index (χ0n) is 7.43. The molecule has 1 heterocycles. The van der Waals surface area contributed by atoms with E-state index in [-0.39, 0.29) is 6.54 Å². The number of hydrogen-bond donors (Lipinski definition) is 1. The lowest BCUT2D eigenvalue weighted by Crippen LogP contribution is -2.38. The van der Waals surface area contributed by atoms with Gasteiger partial charge in [-0.25, -0.2) is 0 Å². The van der Waals surface area contributed by atoms with Crippen LogP contribution in [0.15, 0.2) is 0 Å². The lowest BCUT2D eigenvalue weighted by atomic mass is 10.5. The highest BCUT2D eigenvalue weighted by molar-refractivity contribution is 7.87. The maximum Gasteiger partial charge on any atom is 0.282 e. The average Bonchev–Trinajstić information content (AvgIpc) is 2.26. The quantitative estimate of drug-likeness (QED) is 0.602. The molecule has 6 nitrogen and oxygen atoms in total. The lowest BCUT2D eigenvalue weighted by Gasteiger charge is -2.15. The smallest absolute Gasteiger partial charge is 0.282 e. The Bertz CT molecular complexity index is 300. The van der Waals surface area contributed by atoms with Gasteiger partial charge in [-0.3, -0.25) is 4.79 Å². The largest absolute Gasteiger partial charge is 0.369 e. The Morgan fingerprint density at radius 2 is 1.92 bits per heavy atom. The summed E-state index contributed by atoms with van der Waals surface area (Å²) in [5.41, 5.74) is 4.92. The minimum atomic E-state index is -3.41. The summed E-state index contributed by atoms with van der Waals surface area (Å²) in [5, 5.41) is 0. The van der Waals surface area contributed by atoms with Crippen LogP contribution < -0.4 is 5.73 Å². The van der Waals surface area contributed by atoms with Gasteiger partial charge in [-0.15, -0.1) is 0 Å². The summed E-state index contributed by atoms with van der Waals surface area (Å²) in [4.78, 5) is 10.5. The Kier molecular flexibility index (Phi) is 2.89. The molecule has 76 valence electrons. The van der Waals surface area contributed by atoms with E-state index in [0.717, 1.165) is 4.31 Å². The third kappa shape index (κ3) is 1.98. The van der Waals surface area contributed by atoms with Gasteiger partial charge in [0.05, 0.1) is 6.54 Å². The maximum atomic E-state index is 11.5. The highest BCUT2D eigenvalue weighted by atomic mass is 32.2. The van der Waals surface area contributed by atoms with Gasteiger partial charge in [0.1, 0.15) is 0 Å². The van der Waals surface area contributed by atoms with Crippen LogP contribution in [-0.2, 0) is 15.0 Å². The van der Waals surface area contributed by atoms with Gasteiger partial charge in [0.2, 0.25) is 5.91 Å². The Labute approximate surface area is 77.5 Å². The summed E-state index contributed by atoms with van der Waals surface area (Å²) in [6, 6.07) is 0. The summed E-state index contributed by atoms with van der Waals surface area (Å²) in [5.74, 6) is -0.624. The Morgan fingerprint density at radius 1 is 1.38 bits per heavy atom. The molecule has 0 aliphatic carbocycles. The first kappa shape index (κ1) is 10.4. The second kappa shape index (κ2) is 3.60. The van der Waals surface area contributed by atoms with Crippen molar-refractivity contribution in [1.29, 1.82) is 0 Å². The molecule has 7 heteroatoms. The summed E-state index contributed by atoms with van der Waals surface area (Å²) in [6.45, 7) is 2.74. The van der Waals surface area contributed by atoms with Crippen LogP contribution in [-0.4, -0.2) is 49.1 Å². The molecular weight excluding hydrogens is 194 g/mol. The van der Waals surface area contributed by atoms with E-state index in [4.69, 9.17) is 5.73 Å². The van der Waals surface area contributed by atoms with Crippen molar-refractivity contribution in [2.45, 2.75) is 6.92 Å². The minimum absolute atomic E-state index is 0.223. The standard InChI is InChI=1S/C6H13N3O3S/c1-2-8-3-4-9(5-6(7)10)13(8,11)12/h2-5H2,1H3,(H2,7,10). The van der Waals surface area contributed by atoms with Crippen LogP contribution in [0.25, 0.3) is 0 Å². The van der Waals surface area contributed by atoms with Gasteiger partial charge in [-0.1, -0.05) is 6.92 Å². The molecule has 0 aromatic rings. The number of carbonyl (C=O) groups excluding carboxylic acids is 1. The molecule has 0 aromatic heterocycles.